The molecule has 4 heteroatoms. The smallest absolute Gasteiger partial charge is 0.0632 e. The van der Waals surface area contributed by atoms with Gasteiger partial charge in [0.15, 0.2) is 0 Å². The topological polar surface area (TPSA) is 65.2 Å². The Bertz CT molecular complexity index is 558. The Kier molecular flexibility index (Phi) is 3.51. The Hall–Kier alpha value is -1.06. The van der Waals surface area contributed by atoms with Gasteiger partial charge < -0.3 is 10.4 Å². The van der Waals surface area contributed by atoms with E-state index in [1.165, 1.54) is 38.5 Å². The van der Waals surface area contributed by atoms with Crippen LogP contribution >= 0.6 is 0 Å². The number of oxime groups is 2. The van der Waals surface area contributed by atoms with E-state index in [-0.39, 0.29) is 5.41 Å². The molecule has 4 aliphatic rings. The molecule has 0 aliphatic heterocycles. The number of fused-ring (bicyclic) bond motifs is 5. The number of hydrogen-bond acceptors (Lipinski definition) is 4. The molecule has 4 aliphatic carbocycles. The van der Waals surface area contributed by atoms with Crippen molar-refractivity contribution >= 4 is 11.4 Å². The molecule has 128 valence electrons. The molecule has 4 fully saturated rings. The Morgan fingerprint density at radius 1 is 0.913 bits per heavy atom. The summed E-state index contributed by atoms with van der Waals surface area (Å²) in [7, 11) is 0. The largest absolute Gasteiger partial charge is 0.411 e. The van der Waals surface area contributed by atoms with E-state index in [1.807, 2.05) is 0 Å². The van der Waals surface area contributed by atoms with Crippen molar-refractivity contribution in [1.82, 2.24) is 0 Å². The van der Waals surface area contributed by atoms with Crippen molar-refractivity contribution in [3.8, 4) is 0 Å². The summed E-state index contributed by atoms with van der Waals surface area (Å²) < 4.78 is 0. The quantitative estimate of drug-likeness (QED) is 0.502. The first-order chi connectivity index (χ1) is 11.0. The Balaban J connectivity index is 1.63. The van der Waals surface area contributed by atoms with Crippen LogP contribution in [0.2, 0.25) is 0 Å². The van der Waals surface area contributed by atoms with Gasteiger partial charge in [-0.15, -0.1) is 0 Å². The molecule has 0 bridgehead atoms. The fraction of sp³-hybridized carbons (Fsp3) is 0.895. The third kappa shape index (κ3) is 2.02. The fourth-order valence-electron chi connectivity index (χ4n) is 7.10. The standard InChI is InChI=1S/C19H30N2O2/c1-18-9-7-13(20-22)11-12(18)3-4-14-15-5-6-17(21-23)19(15,2)10-8-16(14)18/h12,14-16,22-23H,3-11H2,1-2H3/b20-13+,21-17+/t12-,14?,15?,16?,18-,19-/m0/s1. The van der Waals surface area contributed by atoms with Crippen molar-refractivity contribution in [3.63, 3.8) is 0 Å². The zero-order valence-electron chi connectivity index (χ0n) is 14.5. The molecule has 23 heavy (non-hydrogen) atoms. The van der Waals surface area contributed by atoms with Crippen LogP contribution in [0.25, 0.3) is 0 Å². The lowest BCUT2D eigenvalue weighted by molar-refractivity contribution is -0.0819. The van der Waals surface area contributed by atoms with Crippen LogP contribution in [0.1, 0.15) is 71.6 Å². The molecule has 0 aromatic rings. The van der Waals surface area contributed by atoms with Gasteiger partial charge in [-0.3, -0.25) is 0 Å². The summed E-state index contributed by atoms with van der Waals surface area (Å²) in [6.07, 6.45) is 10.4. The molecule has 6 atom stereocenters. The Labute approximate surface area is 139 Å². The Morgan fingerprint density at radius 3 is 2.48 bits per heavy atom. The van der Waals surface area contributed by atoms with Crippen molar-refractivity contribution in [1.29, 1.82) is 0 Å². The van der Waals surface area contributed by atoms with Crippen LogP contribution in [-0.2, 0) is 0 Å². The van der Waals surface area contributed by atoms with E-state index in [2.05, 4.69) is 24.2 Å². The second-order valence-corrected chi connectivity index (χ2v) is 9.07. The number of nitrogens with zero attached hydrogens (tertiary/aromatic N) is 2. The first-order valence-electron chi connectivity index (χ1n) is 9.44. The van der Waals surface area contributed by atoms with Crippen LogP contribution in [0, 0.1) is 34.5 Å². The lowest BCUT2D eigenvalue weighted by atomic mass is 9.45. The molecule has 0 heterocycles. The van der Waals surface area contributed by atoms with Gasteiger partial charge in [0.25, 0.3) is 0 Å². The predicted molar refractivity (Wildman–Crippen MR) is 90.2 cm³/mol. The van der Waals surface area contributed by atoms with Crippen molar-refractivity contribution in [3.05, 3.63) is 0 Å². The molecule has 2 N–H and O–H groups in total. The highest BCUT2D eigenvalue weighted by Crippen LogP contribution is 2.65. The third-order valence-corrected chi connectivity index (χ3v) is 8.50. The minimum Gasteiger partial charge on any atom is -0.411 e. The van der Waals surface area contributed by atoms with Crippen LogP contribution < -0.4 is 0 Å². The van der Waals surface area contributed by atoms with Crippen LogP contribution in [0.5, 0.6) is 0 Å². The second kappa shape index (κ2) is 5.22. The van der Waals surface area contributed by atoms with Crippen molar-refractivity contribution in [2.24, 2.45) is 44.8 Å². The summed E-state index contributed by atoms with van der Waals surface area (Å²) >= 11 is 0. The molecule has 3 unspecified atom stereocenters. The third-order valence-electron chi connectivity index (χ3n) is 8.50. The maximum atomic E-state index is 9.41. The molecule has 4 nitrogen and oxygen atoms in total. The monoisotopic (exact) mass is 318 g/mol. The minimum atomic E-state index is 0.144. The minimum absolute atomic E-state index is 0.144. The average Bonchev–Trinajstić information content (AvgIpc) is 2.90. The second-order valence-electron chi connectivity index (χ2n) is 9.07. The van der Waals surface area contributed by atoms with Gasteiger partial charge in [-0.1, -0.05) is 24.2 Å². The lowest BCUT2D eigenvalue weighted by Crippen LogP contribution is -2.53. The van der Waals surface area contributed by atoms with Crippen molar-refractivity contribution in [2.75, 3.05) is 0 Å². The molecular formula is C19H30N2O2. The van der Waals surface area contributed by atoms with E-state index in [0.717, 1.165) is 42.5 Å². The summed E-state index contributed by atoms with van der Waals surface area (Å²) in [6, 6.07) is 0. The van der Waals surface area contributed by atoms with Crippen LogP contribution in [0.15, 0.2) is 10.3 Å². The molecule has 0 aromatic heterocycles. The van der Waals surface area contributed by atoms with Gasteiger partial charge in [-0.05, 0) is 86.9 Å². The highest BCUT2D eigenvalue weighted by Gasteiger charge is 2.59. The van der Waals surface area contributed by atoms with Gasteiger partial charge in [0, 0.05) is 5.41 Å². The van der Waals surface area contributed by atoms with Crippen LogP contribution in [0.3, 0.4) is 0 Å². The van der Waals surface area contributed by atoms with E-state index in [4.69, 9.17) is 5.21 Å². The number of rotatable bonds is 0. The van der Waals surface area contributed by atoms with Gasteiger partial charge in [0.1, 0.15) is 0 Å². The zero-order valence-corrected chi connectivity index (χ0v) is 14.5. The molecular weight excluding hydrogens is 288 g/mol. The molecule has 0 amide bonds. The summed E-state index contributed by atoms with van der Waals surface area (Å²) in [5.74, 6) is 3.00. The van der Waals surface area contributed by atoms with Crippen molar-refractivity contribution < 1.29 is 10.4 Å². The van der Waals surface area contributed by atoms with E-state index in [1.54, 1.807) is 0 Å². The van der Waals surface area contributed by atoms with Gasteiger partial charge in [-0.25, -0.2) is 0 Å². The molecule has 4 rings (SSSR count). The van der Waals surface area contributed by atoms with Crippen molar-refractivity contribution in [2.45, 2.75) is 71.6 Å². The lowest BCUT2D eigenvalue weighted by Gasteiger charge is -2.59. The number of hydrogen-bond donors (Lipinski definition) is 2. The highest BCUT2D eigenvalue weighted by atomic mass is 16.4. The maximum absolute atomic E-state index is 9.41. The maximum Gasteiger partial charge on any atom is 0.0632 e. The van der Waals surface area contributed by atoms with E-state index >= 15 is 0 Å². The predicted octanol–water partition coefficient (Wildman–Crippen LogP) is 4.69. The van der Waals surface area contributed by atoms with E-state index < -0.39 is 0 Å². The van der Waals surface area contributed by atoms with Gasteiger partial charge in [0.2, 0.25) is 0 Å². The molecule has 4 saturated carbocycles. The van der Waals surface area contributed by atoms with Crippen LogP contribution in [-0.4, -0.2) is 21.8 Å². The van der Waals surface area contributed by atoms with Crippen LogP contribution in [0.4, 0.5) is 0 Å². The van der Waals surface area contributed by atoms with Gasteiger partial charge in [0.05, 0.1) is 11.4 Å². The molecule has 0 saturated heterocycles. The molecule has 0 radical (unpaired) electrons. The average molecular weight is 318 g/mol. The van der Waals surface area contributed by atoms with E-state index in [9.17, 15) is 5.21 Å². The van der Waals surface area contributed by atoms with Gasteiger partial charge >= 0.3 is 0 Å². The summed E-state index contributed by atoms with van der Waals surface area (Å²) in [4.78, 5) is 0. The van der Waals surface area contributed by atoms with E-state index in [0.29, 0.717) is 17.3 Å². The fourth-order valence-corrected chi connectivity index (χ4v) is 7.10. The molecule has 0 spiro atoms. The molecule has 0 aromatic carbocycles. The first kappa shape index (κ1) is 15.5. The normalized spacial score (nSPS) is 53.0. The summed E-state index contributed by atoms with van der Waals surface area (Å²) in [6.45, 7) is 4.86. The first-order valence-corrected chi connectivity index (χ1v) is 9.44. The summed E-state index contributed by atoms with van der Waals surface area (Å²) in [5, 5.41) is 25.8. The zero-order chi connectivity index (χ0) is 16.2. The SMILES string of the molecule is C[C@]12CCC3C(CC[C@H]4C/C(=N/O)CC[C@]34C)C1CC/C2=N\O. The van der Waals surface area contributed by atoms with Gasteiger partial charge in [-0.2, -0.15) is 0 Å². The Morgan fingerprint density at radius 2 is 1.74 bits per heavy atom. The highest BCUT2D eigenvalue weighted by molar-refractivity contribution is 5.92. The summed E-state index contributed by atoms with van der Waals surface area (Å²) in [5.41, 5.74) is 2.64.